The van der Waals surface area contributed by atoms with E-state index in [0.29, 0.717) is 17.0 Å². The van der Waals surface area contributed by atoms with Gasteiger partial charge in [-0.3, -0.25) is 9.54 Å². The van der Waals surface area contributed by atoms with Crippen molar-refractivity contribution in [2.24, 2.45) is 9.98 Å². The largest absolute Gasteiger partial charge is 0.368 e. The van der Waals surface area contributed by atoms with Crippen LogP contribution in [0.2, 0.25) is 0 Å². The van der Waals surface area contributed by atoms with Crippen molar-refractivity contribution in [1.29, 1.82) is 0 Å². The number of amides is 2. The number of fused-ring (bicyclic) bond motifs is 3. The third-order valence-corrected chi connectivity index (χ3v) is 2.15. The maximum Gasteiger partial charge on any atom is 0.368 e. The molecule has 0 bridgehead atoms. The van der Waals surface area contributed by atoms with Gasteiger partial charge in [-0.05, 0) is 6.07 Å². The van der Waals surface area contributed by atoms with Gasteiger partial charge in [-0.2, -0.15) is 18.4 Å². The Morgan fingerprint density at radius 2 is 1.79 bits per heavy atom. The minimum absolute atomic E-state index is 0.446. The lowest BCUT2D eigenvalue weighted by Crippen LogP contribution is -2.23. The topological polar surface area (TPSA) is 109 Å². The zero-order valence-corrected chi connectivity index (χ0v) is 10.6. The number of carbonyl (C=O) groups excluding carboxylic acids is 1. The van der Waals surface area contributed by atoms with Crippen LogP contribution in [0, 0.1) is 0 Å². The number of nitrogens with zero attached hydrogens (tertiary/aromatic N) is 3. The van der Waals surface area contributed by atoms with Gasteiger partial charge in [-0.1, -0.05) is 18.2 Å². The number of hydrogen-bond donors (Lipinski definition) is 1. The van der Waals surface area contributed by atoms with Crippen LogP contribution in [0.3, 0.4) is 0 Å². The quantitative estimate of drug-likeness (QED) is 0.688. The molecule has 0 saturated heterocycles. The Morgan fingerprint density at radius 1 is 1.16 bits per heavy atom. The average molecular weight is 279 g/mol. The van der Waals surface area contributed by atoms with Gasteiger partial charge in [0.2, 0.25) is 0 Å². The molecule has 2 amide bonds. The third-order valence-electron chi connectivity index (χ3n) is 2.15. The highest BCUT2D eigenvalue weighted by Gasteiger charge is 2.07. The SMILES string of the molecule is CS(=O)(=O)O.O=C1N=c2cnc3ccccc3c2=N1. The Bertz CT molecular complexity index is 866. The summed E-state index contributed by atoms with van der Waals surface area (Å²) in [5.41, 5.74) is 0.833. The summed E-state index contributed by atoms with van der Waals surface area (Å²) in [6.07, 6.45) is 2.29. The first-order valence-electron chi connectivity index (χ1n) is 5.12. The number of hydrogen-bond acceptors (Lipinski definition) is 4. The molecular formula is C11H9N3O4S. The first-order valence-corrected chi connectivity index (χ1v) is 6.97. The molecule has 0 atom stereocenters. The van der Waals surface area contributed by atoms with Gasteiger partial charge in [0.15, 0.2) is 0 Å². The fourth-order valence-electron chi connectivity index (χ4n) is 1.54. The van der Waals surface area contributed by atoms with E-state index in [1.54, 1.807) is 6.20 Å². The first-order chi connectivity index (χ1) is 8.84. The van der Waals surface area contributed by atoms with Crippen molar-refractivity contribution in [3.05, 3.63) is 41.2 Å². The molecule has 1 aromatic carbocycles. The van der Waals surface area contributed by atoms with Crippen LogP contribution in [0.25, 0.3) is 10.9 Å². The monoisotopic (exact) mass is 279 g/mol. The van der Waals surface area contributed by atoms with Gasteiger partial charge in [0.1, 0.15) is 10.7 Å². The van der Waals surface area contributed by atoms with Crippen LogP contribution in [-0.2, 0) is 10.1 Å². The molecule has 2 aromatic rings. The number of urea groups is 1. The summed E-state index contributed by atoms with van der Waals surface area (Å²) in [4.78, 5) is 22.7. The fraction of sp³-hybridized carbons (Fsp3) is 0.0909. The molecule has 98 valence electrons. The number of benzene rings is 1. The maximum absolute atomic E-state index is 11.0. The molecule has 19 heavy (non-hydrogen) atoms. The van der Waals surface area contributed by atoms with E-state index in [1.165, 1.54) is 0 Å². The zero-order valence-electron chi connectivity index (χ0n) is 9.81. The molecule has 0 radical (unpaired) electrons. The highest BCUT2D eigenvalue weighted by Crippen LogP contribution is 2.04. The first kappa shape index (κ1) is 13.2. The molecule has 3 rings (SSSR count). The van der Waals surface area contributed by atoms with Crippen molar-refractivity contribution in [2.45, 2.75) is 0 Å². The molecule has 2 heterocycles. The van der Waals surface area contributed by atoms with Crippen molar-refractivity contribution in [2.75, 3.05) is 6.26 Å². The molecule has 7 nitrogen and oxygen atoms in total. The van der Waals surface area contributed by atoms with Crippen molar-refractivity contribution >= 4 is 27.1 Å². The summed E-state index contributed by atoms with van der Waals surface area (Å²) in [6, 6.07) is 7.11. The van der Waals surface area contributed by atoms with Gasteiger partial charge in [0.25, 0.3) is 10.1 Å². The minimum Gasteiger partial charge on any atom is -0.286 e. The van der Waals surface area contributed by atoms with E-state index in [1.807, 2.05) is 24.3 Å². The summed E-state index contributed by atoms with van der Waals surface area (Å²) < 4.78 is 25.9. The summed E-state index contributed by atoms with van der Waals surface area (Å²) in [5, 5.41) is 2.08. The normalized spacial score (nSPS) is 13.1. The van der Waals surface area contributed by atoms with E-state index in [4.69, 9.17) is 4.55 Å². The predicted molar refractivity (Wildman–Crippen MR) is 66.9 cm³/mol. The minimum atomic E-state index is -3.67. The van der Waals surface area contributed by atoms with E-state index in [2.05, 4.69) is 15.0 Å². The second-order valence-electron chi connectivity index (χ2n) is 3.75. The molecule has 0 spiro atoms. The van der Waals surface area contributed by atoms with Gasteiger partial charge in [-0.25, -0.2) is 4.79 Å². The highest BCUT2D eigenvalue weighted by atomic mass is 32.2. The zero-order chi connectivity index (χ0) is 14.0. The second-order valence-corrected chi connectivity index (χ2v) is 5.21. The summed E-state index contributed by atoms with van der Waals surface area (Å²) >= 11 is 0. The summed E-state index contributed by atoms with van der Waals surface area (Å²) in [6.45, 7) is 0. The van der Waals surface area contributed by atoms with Crippen LogP contribution >= 0.6 is 0 Å². The van der Waals surface area contributed by atoms with E-state index >= 15 is 0 Å². The second kappa shape index (κ2) is 4.82. The Hall–Kier alpha value is -2.19. The number of para-hydroxylation sites is 1. The highest BCUT2D eigenvalue weighted by molar-refractivity contribution is 7.85. The van der Waals surface area contributed by atoms with E-state index < -0.39 is 16.1 Å². The smallest absolute Gasteiger partial charge is 0.286 e. The summed E-state index contributed by atoms with van der Waals surface area (Å²) in [7, 11) is -3.67. The third kappa shape index (κ3) is 3.39. The molecule has 1 N–H and O–H groups in total. The van der Waals surface area contributed by atoms with Crippen molar-refractivity contribution in [1.82, 2.24) is 4.98 Å². The standard InChI is InChI=1S/C10H5N3O.CH4O3S/c14-10-12-8-5-11-7-4-2-1-3-6(7)9(8)13-10;1-5(2,3)4/h1-5H;1H3,(H,2,3,4). The van der Waals surface area contributed by atoms with Crippen LogP contribution in [-0.4, -0.2) is 30.2 Å². The van der Waals surface area contributed by atoms with Crippen LogP contribution < -0.4 is 10.7 Å². The lowest BCUT2D eigenvalue weighted by atomic mass is 10.2. The Morgan fingerprint density at radius 3 is 2.47 bits per heavy atom. The summed E-state index contributed by atoms with van der Waals surface area (Å²) in [5.74, 6) is 0. The molecule has 8 heteroatoms. The number of pyridine rings is 1. The van der Waals surface area contributed by atoms with E-state index in [-0.39, 0.29) is 0 Å². The van der Waals surface area contributed by atoms with Gasteiger partial charge in [-0.15, -0.1) is 0 Å². The Balaban J connectivity index is 0.000000232. The van der Waals surface area contributed by atoms with Crippen LogP contribution in [0.5, 0.6) is 0 Å². The molecule has 0 saturated carbocycles. The Labute approximate surface area is 108 Å². The predicted octanol–water partition coefficient (Wildman–Crippen LogP) is 0.112. The molecule has 1 aromatic heterocycles. The number of aromatic nitrogens is 1. The van der Waals surface area contributed by atoms with Crippen LogP contribution in [0.1, 0.15) is 0 Å². The van der Waals surface area contributed by atoms with Crippen LogP contribution in [0.15, 0.2) is 40.4 Å². The van der Waals surface area contributed by atoms with Gasteiger partial charge in [0.05, 0.1) is 18.0 Å². The molecule has 1 aliphatic heterocycles. The molecule has 0 unspecified atom stereocenters. The lowest BCUT2D eigenvalue weighted by molar-refractivity contribution is 0.256. The van der Waals surface area contributed by atoms with E-state index in [0.717, 1.165) is 10.9 Å². The molecule has 1 aliphatic rings. The fourth-order valence-corrected chi connectivity index (χ4v) is 1.54. The number of carbonyl (C=O) groups is 1. The van der Waals surface area contributed by atoms with Gasteiger partial charge < -0.3 is 0 Å². The van der Waals surface area contributed by atoms with E-state index in [9.17, 15) is 13.2 Å². The van der Waals surface area contributed by atoms with Crippen molar-refractivity contribution in [3.8, 4) is 0 Å². The maximum atomic E-state index is 11.0. The average Bonchev–Trinajstić information content (AvgIpc) is 2.67. The molecule has 0 fully saturated rings. The molecule has 0 aliphatic carbocycles. The van der Waals surface area contributed by atoms with Crippen molar-refractivity contribution < 1.29 is 17.8 Å². The van der Waals surface area contributed by atoms with Gasteiger partial charge in [0, 0.05) is 5.39 Å². The van der Waals surface area contributed by atoms with Gasteiger partial charge >= 0.3 is 6.03 Å². The Kier molecular flexibility index (Phi) is 3.36. The van der Waals surface area contributed by atoms with Crippen molar-refractivity contribution in [3.63, 3.8) is 0 Å². The van der Waals surface area contributed by atoms with Crippen LogP contribution in [0.4, 0.5) is 4.79 Å². The molecular weight excluding hydrogens is 270 g/mol. The number of rotatable bonds is 0. The lowest BCUT2D eigenvalue weighted by Gasteiger charge is -1.92.